The number of hydrogen-bond acceptors (Lipinski definition) is 3. The van der Waals surface area contributed by atoms with Crippen molar-refractivity contribution in [2.75, 3.05) is 12.0 Å². The van der Waals surface area contributed by atoms with Gasteiger partial charge in [-0.15, -0.1) is 12.3 Å². The van der Waals surface area contributed by atoms with E-state index in [1.807, 2.05) is 0 Å². The lowest BCUT2D eigenvalue weighted by molar-refractivity contribution is -0.133. The Hall–Kier alpha value is -2.28. The molecule has 1 aliphatic heterocycles. The van der Waals surface area contributed by atoms with Crippen LogP contribution in [0.4, 0.5) is 5.69 Å². The van der Waals surface area contributed by atoms with Gasteiger partial charge in [-0.3, -0.25) is 4.79 Å². The number of terminal acetylenes is 1. The van der Waals surface area contributed by atoms with Gasteiger partial charge in [0, 0.05) is 12.1 Å². The van der Waals surface area contributed by atoms with E-state index in [0.717, 1.165) is 6.29 Å². The van der Waals surface area contributed by atoms with E-state index in [1.54, 1.807) is 31.4 Å². The Bertz CT molecular complexity index is 501. The maximum Gasteiger partial charge on any atom is 0.234 e. The number of anilines is 1. The summed E-state index contributed by atoms with van der Waals surface area (Å²) >= 11 is 0. The van der Waals surface area contributed by atoms with E-state index in [2.05, 4.69) is 5.92 Å². The Kier molecular flexibility index (Phi) is 3.33. The quantitative estimate of drug-likeness (QED) is 0.454. The van der Waals surface area contributed by atoms with Gasteiger partial charge in [-0.2, -0.15) is 0 Å². The largest absolute Gasteiger partial charge is 0.497 e. The number of aldehydes is 1. The third-order valence-electron chi connectivity index (χ3n) is 3.09. The van der Waals surface area contributed by atoms with Crippen molar-refractivity contribution in [3.8, 4) is 18.1 Å². The van der Waals surface area contributed by atoms with Crippen molar-refractivity contribution in [2.45, 2.75) is 12.5 Å². The molecule has 0 radical (unpaired) electrons. The Labute approximate surface area is 106 Å². The summed E-state index contributed by atoms with van der Waals surface area (Å²) in [6.45, 7) is 0. The van der Waals surface area contributed by atoms with E-state index in [1.165, 1.54) is 4.90 Å². The van der Waals surface area contributed by atoms with Crippen molar-refractivity contribution < 1.29 is 14.3 Å². The summed E-state index contributed by atoms with van der Waals surface area (Å²) in [5.74, 6) is 2.65. The molecular formula is C14H13NO3. The lowest BCUT2D eigenvalue weighted by Crippen LogP contribution is -2.62. The molecule has 1 saturated heterocycles. The molecule has 0 N–H and O–H groups in total. The fourth-order valence-electron chi connectivity index (χ4n) is 2.10. The van der Waals surface area contributed by atoms with Crippen LogP contribution in [-0.4, -0.2) is 25.3 Å². The van der Waals surface area contributed by atoms with Gasteiger partial charge < -0.3 is 14.4 Å². The van der Waals surface area contributed by atoms with Crippen LogP contribution in [0.5, 0.6) is 5.75 Å². The molecule has 4 heteroatoms. The zero-order valence-corrected chi connectivity index (χ0v) is 10.00. The summed E-state index contributed by atoms with van der Waals surface area (Å²) in [5, 5.41) is 0. The van der Waals surface area contributed by atoms with Crippen LogP contribution in [0.1, 0.15) is 6.42 Å². The van der Waals surface area contributed by atoms with Crippen LogP contribution < -0.4 is 9.64 Å². The average molecular weight is 243 g/mol. The highest BCUT2D eigenvalue weighted by atomic mass is 16.5. The summed E-state index contributed by atoms with van der Waals surface area (Å²) in [6, 6.07) is 6.54. The molecule has 0 saturated carbocycles. The number of rotatable bonds is 4. The summed E-state index contributed by atoms with van der Waals surface area (Å²) in [4.78, 5) is 24.4. The number of methoxy groups -OCH3 is 1. The molecule has 0 aromatic heterocycles. The molecule has 1 amide bonds. The first-order valence-electron chi connectivity index (χ1n) is 5.58. The van der Waals surface area contributed by atoms with Gasteiger partial charge >= 0.3 is 0 Å². The first kappa shape index (κ1) is 12.2. The minimum atomic E-state index is -0.457. The first-order chi connectivity index (χ1) is 8.72. The zero-order chi connectivity index (χ0) is 13.1. The van der Waals surface area contributed by atoms with E-state index in [9.17, 15) is 9.59 Å². The van der Waals surface area contributed by atoms with Crippen molar-refractivity contribution in [1.82, 2.24) is 0 Å². The van der Waals surface area contributed by atoms with Gasteiger partial charge in [0.1, 0.15) is 18.1 Å². The van der Waals surface area contributed by atoms with Crippen LogP contribution in [0, 0.1) is 18.3 Å². The molecule has 1 aliphatic rings. The number of nitrogens with zero attached hydrogens (tertiary/aromatic N) is 1. The number of amides is 1. The van der Waals surface area contributed by atoms with Crippen LogP contribution in [0.15, 0.2) is 24.3 Å². The second kappa shape index (κ2) is 4.92. The summed E-state index contributed by atoms with van der Waals surface area (Å²) in [5.41, 5.74) is 0.686. The highest BCUT2D eigenvalue weighted by molar-refractivity contribution is 6.08. The minimum Gasteiger partial charge on any atom is -0.497 e. The topological polar surface area (TPSA) is 46.6 Å². The number of hydrogen-bond donors (Lipinski definition) is 0. The normalized spacial score (nSPS) is 22.0. The van der Waals surface area contributed by atoms with Gasteiger partial charge in [0.05, 0.1) is 13.0 Å². The van der Waals surface area contributed by atoms with Crippen molar-refractivity contribution in [3.63, 3.8) is 0 Å². The van der Waals surface area contributed by atoms with E-state index in [4.69, 9.17) is 11.2 Å². The second-order valence-corrected chi connectivity index (χ2v) is 4.05. The summed E-state index contributed by atoms with van der Waals surface area (Å²) in [6.07, 6.45) is 6.26. The molecule has 1 aromatic carbocycles. The van der Waals surface area contributed by atoms with Gasteiger partial charge in [-0.1, -0.05) is 0 Å². The number of carbonyl (C=O) groups is 2. The van der Waals surface area contributed by atoms with Crippen LogP contribution in [0.2, 0.25) is 0 Å². The number of carbonyl (C=O) groups excluding carboxylic acids is 2. The fourth-order valence-corrected chi connectivity index (χ4v) is 2.10. The van der Waals surface area contributed by atoms with Gasteiger partial charge in [0.15, 0.2) is 0 Å². The molecule has 0 bridgehead atoms. The molecule has 4 nitrogen and oxygen atoms in total. The second-order valence-electron chi connectivity index (χ2n) is 4.05. The van der Waals surface area contributed by atoms with E-state index < -0.39 is 6.04 Å². The maximum atomic E-state index is 11.9. The predicted octanol–water partition coefficient (Wildman–Crippen LogP) is 1.25. The molecule has 1 heterocycles. The van der Waals surface area contributed by atoms with Gasteiger partial charge in [0.25, 0.3) is 0 Å². The molecule has 1 fully saturated rings. The summed E-state index contributed by atoms with van der Waals surface area (Å²) in [7, 11) is 1.57. The molecule has 0 spiro atoms. The summed E-state index contributed by atoms with van der Waals surface area (Å²) < 4.78 is 5.04. The van der Waals surface area contributed by atoms with Gasteiger partial charge in [-0.25, -0.2) is 0 Å². The monoisotopic (exact) mass is 243 g/mol. The van der Waals surface area contributed by atoms with Gasteiger partial charge in [-0.05, 0) is 24.3 Å². The van der Waals surface area contributed by atoms with E-state index >= 15 is 0 Å². The molecular weight excluding hydrogens is 230 g/mol. The van der Waals surface area contributed by atoms with Crippen LogP contribution in [-0.2, 0) is 9.59 Å². The molecule has 2 rings (SSSR count). The van der Waals surface area contributed by atoms with Crippen molar-refractivity contribution in [2.24, 2.45) is 5.92 Å². The molecule has 18 heavy (non-hydrogen) atoms. The standard InChI is InChI=1S/C14H13NO3/c1-3-4-12-13(9-16)15(14(12)17)10-5-7-11(18-2)8-6-10/h1,5-9,12-13H,4H2,2H3/t12-,13-/m0/s1. The third kappa shape index (κ3) is 1.84. The molecule has 0 unspecified atom stereocenters. The van der Waals surface area contributed by atoms with Crippen molar-refractivity contribution >= 4 is 17.9 Å². The predicted molar refractivity (Wildman–Crippen MR) is 67.3 cm³/mol. The van der Waals surface area contributed by atoms with Crippen LogP contribution >= 0.6 is 0 Å². The lowest BCUT2D eigenvalue weighted by Gasteiger charge is -2.43. The lowest BCUT2D eigenvalue weighted by atomic mass is 9.85. The van der Waals surface area contributed by atoms with Crippen LogP contribution in [0.25, 0.3) is 0 Å². The SMILES string of the molecule is C#CC[C@@H]1C(=O)N(c2ccc(OC)cc2)[C@H]1C=O. The van der Waals surface area contributed by atoms with Crippen LogP contribution in [0.3, 0.4) is 0 Å². The Balaban J connectivity index is 2.20. The van der Waals surface area contributed by atoms with Gasteiger partial charge in [0.2, 0.25) is 5.91 Å². The smallest absolute Gasteiger partial charge is 0.234 e. The number of benzene rings is 1. The fraction of sp³-hybridized carbons (Fsp3) is 0.286. The molecule has 0 aliphatic carbocycles. The molecule has 92 valence electrons. The molecule has 2 atom stereocenters. The van der Waals surface area contributed by atoms with E-state index in [0.29, 0.717) is 17.9 Å². The van der Waals surface area contributed by atoms with Crippen molar-refractivity contribution in [1.29, 1.82) is 0 Å². The Morgan fingerprint density at radius 2 is 2.11 bits per heavy atom. The Morgan fingerprint density at radius 3 is 2.61 bits per heavy atom. The Morgan fingerprint density at radius 1 is 1.44 bits per heavy atom. The highest BCUT2D eigenvalue weighted by Gasteiger charge is 2.47. The van der Waals surface area contributed by atoms with E-state index in [-0.39, 0.29) is 11.8 Å². The maximum absolute atomic E-state index is 11.9. The minimum absolute atomic E-state index is 0.102. The number of ether oxygens (including phenoxy) is 1. The highest BCUT2D eigenvalue weighted by Crippen LogP contribution is 2.34. The average Bonchev–Trinajstić information content (AvgIpc) is 2.42. The number of β-lactam (4-membered cyclic amide) rings is 1. The third-order valence-corrected chi connectivity index (χ3v) is 3.09. The zero-order valence-electron chi connectivity index (χ0n) is 10.00. The van der Waals surface area contributed by atoms with Crippen molar-refractivity contribution in [3.05, 3.63) is 24.3 Å². The molecule has 1 aromatic rings. The first-order valence-corrected chi connectivity index (χ1v) is 5.58.